The van der Waals surface area contributed by atoms with Gasteiger partial charge in [-0.2, -0.15) is 5.10 Å². The Bertz CT molecular complexity index is 453. The third-order valence-electron chi connectivity index (χ3n) is 2.29. The number of ether oxygens (including phenoxy) is 1. The number of carbonyl (C=O) groups is 2. The van der Waals surface area contributed by atoms with Crippen LogP contribution in [0.5, 0.6) is 0 Å². The number of aromatic nitrogens is 2. The first kappa shape index (κ1) is 13.9. The van der Waals surface area contributed by atoms with Crippen LogP contribution in [0.1, 0.15) is 5.69 Å². The maximum absolute atomic E-state index is 11.4. The van der Waals surface area contributed by atoms with Gasteiger partial charge in [0.05, 0.1) is 12.2 Å². The van der Waals surface area contributed by atoms with Gasteiger partial charge in [-0.1, -0.05) is 0 Å². The number of aryl methyl sites for hydroxylation is 1. The van der Waals surface area contributed by atoms with Gasteiger partial charge in [0.15, 0.2) is 6.10 Å². The SMILES string of the molecule is COC(CNC(=O)/C=C/c1ccnn1C)C(=O)O. The van der Waals surface area contributed by atoms with Gasteiger partial charge in [-0.05, 0) is 12.1 Å². The van der Waals surface area contributed by atoms with E-state index in [-0.39, 0.29) is 12.5 Å². The normalized spacial score (nSPS) is 12.6. The Labute approximate surface area is 104 Å². The molecule has 7 nitrogen and oxygen atoms in total. The van der Waals surface area contributed by atoms with Crippen molar-refractivity contribution in [2.45, 2.75) is 6.10 Å². The molecule has 1 amide bonds. The van der Waals surface area contributed by atoms with Gasteiger partial charge >= 0.3 is 5.97 Å². The van der Waals surface area contributed by atoms with E-state index in [4.69, 9.17) is 5.11 Å². The quantitative estimate of drug-likeness (QED) is 0.676. The first-order valence-electron chi connectivity index (χ1n) is 5.24. The van der Waals surface area contributed by atoms with Crippen LogP contribution in [0.2, 0.25) is 0 Å². The highest BCUT2D eigenvalue weighted by Gasteiger charge is 2.16. The maximum Gasteiger partial charge on any atom is 0.334 e. The molecule has 1 aromatic heterocycles. The largest absolute Gasteiger partial charge is 0.479 e. The standard InChI is InChI=1S/C11H15N3O4/c1-14-8(5-6-13-14)3-4-10(15)12-7-9(18-2)11(16)17/h3-6,9H,7H2,1-2H3,(H,12,15)(H,16,17)/b4-3+. The lowest BCUT2D eigenvalue weighted by atomic mass is 10.3. The monoisotopic (exact) mass is 253 g/mol. The molecule has 0 radical (unpaired) electrons. The lowest BCUT2D eigenvalue weighted by Crippen LogP contribution is -2.37. The number of aliphatic carboxylic acids is 1. The summed E-state index contributed by atoms with van der Waals surface area (Å²) in [6, 6.07) is 1.75. The topological polar surface area (TPSA) is 93.5 Å². The van der Waals surface area contributed by atoms with Crippen LogP contribution in [0.25, 0.3) is 6.08 Å². The van der Waals surface area contributed by atoms with E-state index in [1.165, 1.54) is 13.2 Å². The second-order valence-electron chi connectivity index (χ2n) is 3.52. The zero-order valence-corrected chi connectivity index (χ0v) is 10.2. The minimum absolute atomic E-state index is 0.0829. The fraction of sp³-hybridized carbons (Fsp3) is 0.364. The predicted molar refractivity (Wildman–Crippen MR) is 63.7 cm³/mol. The van der Waals surface area contributed by atoms with Crippen molar-refractivity contribution in [3.05, 3.63) is 24.0 Å². The first-order valence-corrected chi connectivity index (χ1v) is 5.24. The Morgan fingerprint density at radius 3 is 2.89 bits per heavy atom. The average molecular weight is 253 g/mol. The summed E-state index contributed by atoms with van der Waals surface area (Å²) in [5.41, 5.74) is 0.770. The number of amides is 1. The fourth-order valence-electron chi connectivity index (χ4n) is 1.23. The van der Waals surface area contributed by atoms with Crippen LogP contribution < -0.4 is 5.32 Å². The number of rotatable bonds is 6. The van der Waals surface area contributed by atoms with Crippen LogP contribution in [0, 0.1) is 0 Å². The van der Waals surface area contributed by atoms with Crippen LogP contribution in [0.15, 0.2) is 18.3 Å². The minimum Gasteiger partial charge on any atom is -0.479 e. The van der Waals surface area contributed by atoms with Crippen molar-refractivity contribution in [1.82, 2.24) is 15.1 Å². The molecule has 0 bridgehead atoms. The molecule has 0 saturated heterocycles. The highest BCUT2D eigenvalue weighted by atomic mass is 16.5. The van der Waals surface area contributed by atoms with Gasteiger partial charge in [-0.3, -0.25) is 9.48 Å². The number of hydrogen-bond acceptors (Lipinski definition) is 4. The lowest BCUT2D eigenvalue weighted by molar-refractivity contribution is -0.148. The molecule has 0 saturated carbocycles. The summed E-state index contributed by atoms with van der Waals surface area (Å²) in [5, 5.41) is 15.1. The molecular weight excluding hydrogens is 238 g/mol. The number of nitrogens with one attached hydrogen (secondary N) is 1. The zero-order valence-electron chi connectivity index (χ0n) is 10.2. The summed E-state index contributed by atoms with van der Waals surface area (Å²) in [7, 11) is 3.03. The number of carboxylic acids is 1. The van der Waals surface area contributed by atoms with Gasteiger partial charge in [-0.25, -0.2) is 4.79 Å². The number of carbonyl (C=O) groups excluding carboxylic acids is 1. The smallest absolute Gasteiger partial charge is 0.334 e. The second-order valence-corrected chi connectivity index (χ2v) is 3.52. The van der Waals surface area contributed by atoms with Gasteiger partial charge in [0, 0.05) is 26.4 Å². The van der Waals surface area contributed by atoms with E-state index in [1.54, 1.807) is 30.1 Å². The van der Waals surface area contributed by atoms with Crippen molar-refractivity contribution in [2.75, 3.05) is 13.7 Å². The molecule has 0 aliphatic carbocycles. The zero-order chi connectivity index (χ0) is 13.5. The van der Waals surface area contributed by atoms with Gasteiger partial charge in [0.1, 0.15) is 0 Å². The average Bonchev–Trinajstić information content (AvgIpc) is 2.72. The van der Waals surface area contributed by atoms with Crippen LogP contribution in [-0.4, -0.2) is 46.5 Å². The molecule has 1 aromatic rings. The van der Waals surface area contributed by atoms with E-state index >= 15 is 0 Å². The molecule has 2 N–H and O–H groups in total. The van der Waals surface area contributed by atoms with Crippen molar-refractivity contribution in [2.24, 2.45) is 7.05 Å². The highest BCUT2D eigenvalue weighted by molar-refractivity contribution is 5.91. The molecule has 1 unspecified atom stereocenters. The summed E-state index contributed by atoms with van der Waals surface area (Å²) in [5.74, 6) is -1.51. The van der Waals surface area contributed by atoms with Crippen molar-refractivity contribution in [3.8, 4) is 0 Å². The Morgan fingerprint density at radius 1 is 1.67 bits per heavy atom. The molecule has 1 atom stereocenters. The summed E-state index contributed by atoms with van der Waals surface area (Å²) in [6.07, 6.45) is 3.47. The van der Waals surface area contributed by atoms with Gasteiger partial charge in [0.25, 0.3) is 0 Å². The highest BCUT2D eigenvalue weighted by Crippen LogP contribution is 1.98. The Morgan fingerprint density at radius 2 is 2.39 bits per heavy atom. The second kappa shape index (κ2) is 6.55. The third kappa shape index (κ3) is 4.02. The lowest BCUT2D eigenvalue weighted by Gasteiger charge is -2.09. The molecule has 0 aromatic carbocycles. The van der Waals surface area contributed by atoms with Crippen molar-refractivity contribution in [3.63, 3.8) is 0 Å². The van der Waals surface area contributed by atoms with E-state index in [0.717, 1.165) is 5.69 Å². The molecule has 0 aliphatic rings. The van der Waals surface area contributed by atoms with Crippen LogP contribution in [0.3, 0.4) is 0 Å². The molecule has 18 heavy (non-hydrogen) atoms. The number of nitrogens with zero attached hydrogens (tertiary/aromatic N) is 2. The Kier molecular flexibility index (Phi) is 5.06. The van der Waals surface area contributed by atoms with Crippen molar-refractivity contribution >= 4 is 18.0 Å². The summed E-state index contributed by atoms with van der Waals surface area (Å²) in [4.78, 5) is 22.0. The Hall–Kier alpha value is -2.15. The molecule has 0 spiro atoms. The Balaban J connectivity index is 2.45. The fourth-order valence-corrected chi connectivity index (χ4v) is 1.23. The van der Waals surface area contributed by atoms with Gasteiger partial charge in [0.2, 0.25) is 5.91 Å². The first-order chi connectivity index (χ1) is 8.54. The molecule has 98 valence electrons. The van der Waals surface area contributed by atoms with Crippen molar-refractivity contribution < 1.29 is 19.4 Å². The number of carboxylic acid groups (broad SMARTS) is 1. The maximum atomic E-state index is 11.4. The van der Waals surface area contributed by atoms with E-state index in [0.29, 0.717) is 0 Å². The minimum atomic E-state index is -1.12. The van der Waals surface area contributed by atoms with Crippen LogP contribution >= 0.6 is 0 Å². The van der Waals surface area contributed by atoms with E-state index in [2.05, 4.69) is 15.2 Å². The van der Waals surface area contributed by atoms with Crippen LogP contribution in [0.4, 0.5) is 0 Å². The molecule has 0 fully saturated rings. The predicted octanol–water partition coefficient (Wildman–Crippen LogP) is -0.351. The van der Waals surface area contributed by atoms with E-state index in [1.807, 2.05) is 0 Å². The van der Waals surface area contributed by atoms with E-state index in [9.17, 15) is 9.59 Å². The summed E-state index contributed by atoms with van der Waals surface area (Å²) >= 11 is 0. The van der Waals surface area contributed by atoms with Crippen LogP contribution in [-0.2, 0) is 21.4 Å². The number of methoxy groups -OCH3 is 1. The molecule has 1 rings (SSSR count). The van der Waals surface area contributed by atoms with Gasteiger partial charge < -0.3 is 15.2 Å². The third-order valence-corrected chi connectivity index (χ3v) is 2.29. The molecular formula is C11H15N3O4. The molecule has 7 heteroatoms. The van der Waals surface area contributed by atoms with Crippen molar-refractivity contribution in [1.29, 1.82) is 0 Å². The molecule has 1 heterocycles. The van der Waals surface area contributed by atoms with Gasteiger partial charge in [-0.15, -0.1) is 0 Å². The summed E-state index contributed by atoms with van der Waals surface area (Å²) in [6.45, 7) is -0.0829. The number of hydrogen-bond donors (Lipinski definition) is 2. The van der Waals surface area contributed by atoms with E-state index < -0.39 is 12.1 Å². The molecule has 0 aliphatic heterocycles. The summed E-state index contributed by atoms with van der Waals surface area (Å²) < 4.78 is 6.29.